The Morgan fingerprint density at radius 3 is 1.48 bits per heavy atom. The van der Waals surface area contributed by atoms with Crippen LogP contribution in [0.25, 0.3) is 11.1 Å². The van der Waals surface area contributed by atoms with Crippen molar-refractivity contribution in [3.8, 4) is 11.1 Å². The van der Waals surface area contributed by atoms with Crippen LogP contribution in [0.3, 0.4) is 0 Å². The van der Waals surface area contributed by atoms with Gasteiger partial charge in [-0.3, -0.25) is 20.4 Å². The Labute approximate surface area is 197 Å². The van der Waals surface area contributed by atoms with Crippen molar-refractivity contribution in [3.63, 3.8) is 0 Å². The number of hydrogen-bond donors (Lipinski definition) is 4. The van der Waals surface area contributed by atoms with E-state index in [1.165, 1.54) is 49.7 Å². The smallest absolute Gasteiger partial charge is 0.265 e. The zero-order valence-corrected chi connectivity index (χ0v) is 20.0. The predicted molar refractivity (Wildman–Crippen MR) is 133 cm³/mol. The van der Waals surface area contributed by atoms with Gasteiger partial charge in [0.25, 0.3) is 11.8 Å². The van der Waals surface area contributed by atoms with Crippen molar-refractivity contribution in [1.29, 1.82) is 0 Å². The molecule has 0 radical (unpaired) electrons. The fraction of sp³-hybridized carbons (Fsp3) is 0.481. The molecule has 178 valence electrons. The summed E-state index contributed by atoms with van der Waals surface area (Å²) in [6.45, 7) is 4.44. The molecule has 6 nitrogen and oxygen atoms in total. The highest BCUT2D eigenvalue weighted by Gasteiger charge is 2.43. The van der Waals surface area contributed by atoms with Crippen molar-refractivity contribution in [2.45, 2.75) is 83.5 Å². The monoisotopic (exact) mass is 450 g/mol. The van der Waals surface area contributed by atoms with E-state index in [9.17, 15) is 9.59 Å². The second kappa shape index (κ2) is 11.4. The summed E-state index contributed by atoms with van der Waals surface area (Å²) in [6.07, 6.45) is 11.3. The number of fused-ring (bicyclic) bond motifs is 3. The van der Waals surface area contributed by atoms with Crippen molar-refractivity contribution in [2.75, 3.05) is 0 Å². The lowest BCUT2D eigenvalue weighted by Crippen LogP contribution is -2.31. The van der Waals surface area contributed by atoms with Crippen LogP contribution in [0, 0.1) is 0 Å². The maximum atomic E-state index is 12.4. The first-order chi connectivity index (χ1) is 16.0. The molecule has 2 amide bonds. The summed E-state index contributed by atoms with van der Waals surface area (Å²) in [7, 11) is 0. The average Bonchev–Trinajstić information content (AvgIpc) is 3.12. The summed E-state index contributed by atoms with van der Waals surface area (Å²) >= 11 is 0. The SMILES string of the molecule is CCCCCCC1(CCCCCC)c2cc(C(=O)NN)ccc2-c2ccc(C(=O)NN)cc21. The molecule has 3 rings (SSSR count). The third-order valence-corrected chi connectivity index (χ3v) is 7.06. The number of nitrogen functional groups attached to an aromatic ring is 2. The molecule has 0 heterocycles. The highest BCUT2D eigenvalue weighted by molar-refractivity contribution is 5.98. The van der Waals surface area contributed by atoms with Crippen LogP contribution in [0.15, 0.2) is 36.4 Å². The number of rotatable bonds is 12. The Morgan fingerprint density at radius 1 is 0.697 bits per heavy atom. The summed E-state index contributed by atoms with van der Waals surface area (Å²) in [5, 5.41) is 0. The fourth-order valence-electron chi connectivity index (χ4n) is 5.32. The number of nitrogens with one attached hydrogen (secondary N) is 2. The number of hydrogen-bond acceptors (Lipinski definition) is 4. The van der Waals surface area contributed by atoms with Gasteiger partial charge in [-0.25, -0.2) is 11.7 Å². The fourth-order valence-corrected chi connectivity index (χ4v) is 5.32. The minimum Gasteiger partial charge on any atom is -0.290 e. The molecule has 33 heavy (non-hydrogen) atoms. The van der Waals surface area contributed by atoms with Crippen molar-refractivity contribution in [1.82, 2.24) is 10.9 Å². The van der Waals surface area contributed by atoms with E-state index in [0.29, 0.717) is 11.1 Å². The highest BCUT2D eigenvalue weighted by Crippen LogP contribution is 2.54. The lowest BCUT2D eigenvalue weighted by molar-refractivity contribution is 0.0945. The zero-order valence-electron chi connectivity index (χ0n) is 20.0. The molecular formula is C27H38N4O2. The number of hydrazine groups is 2. The number of amides is 2. The van der Waals surface area contributed by atoms with E-state index in [0.717, 1.165) is 36.8 Å². The quantitative estimate of drug-likeness (QED) is 0.156. The largest absolute Gasteiger partial charge is 0.290 e. The second-order valence-electron chi connectivity index (χ2n) is 9.17. The van der Waals surface area contributed by atoms with Crippen LogP contribution in [0.5, 0.6) is 0 Å². The summed E-state index contributed by atoms with van der Waals surface area (Å²) < 4.78 is 0. The predicted octanol–water partition coefficient (Wildman–Crippen LogP) is 5.10. The van der Waals surface area contributed by atoms with Gasteiger partial charge in [-0.2, -0.15) is 0 Å². The van der Waals surface area contributed by atoms with Gasteiger partial charge in [0.1, 0.15) is 0 Å². The van der Waals surface area contributed by atoms with E-state index in [4.69, 9.17) is 11.7 Å². The van der Waals surface area contributed by atoms with E-state index in [1.807, 2.05) is 36.4 Å². The Morgan fingerprint density at radius 2 is 1.12 bits per heavy atom. The molecule has 6 heteroatoms. The van der Waals surface area contributed by atoms with Crippen LogP contribution in [-0.4, -0.2) is 11.8 Å². The minimum absolute atomic E-state index is 0.234. The molecule has 2 aromatic rings. The molecule has 0 saturated carbocycles. The van der Waals surface area contributed by atoms with Gasteiger partial charge in [0.05, 0.1) is 0 Å². The first-order valence-corrected chi connectivity index (χ1v) is 12.3. The van der Waals surface area contributed by atoms with E-state index in [-0.39, 0.29) is 17.2 Å². The van der Waals surface area contributed by atoms with Gasteiger partial charge in [-0.15, -0.1) is 0 Å². The second-order valence-corrected chi connectivity index (χ2v) is 9.17. The maximum Gasteiger partial charge on any atom is 0.265 e. The molecule has 0 atom stereocenters. The number of carbonyl (C=O) groups is 2. The van der Waals surface area contributed by atoms with Gasteiger partial charge < -0.3 is 0 Å². The molecule has 2 aromatic carbocycles. The molecule has 0 bridgehead atoms. The van der Waals surface area contributed by atoms with Crippen LogP contribution >= 0.6 is 0 Å². The van der Waals surface area contributed by atoms with E-state index in [1.54, 1.807) is 0 Å². The molecule has 0 unspecified atom stereocenters. The van der Waals surface area contributed by atoms with Crippen molar-refractivity contribution in [3.05, 3.63) is 58.7 Å². The maximum absolute atomic E-state index is 12.4. The summed E-state index contributed by atoms with van der Waals surface area (Å²) in [5.74, 6) is 10.3. The Bertz CT molecular complexity index is 907. The Hall–Kier alpha value is -2.70. The number of carbonyl (C=O) groups excluding carboxylic acids is 2. The van der Waals surface area contributed by atoms with Crippen LogP contribution in [0.1, 0.15) is 110 Å². The lowest BCUT2D eigenvalue weighted by Gasteiger charge is -2.33. The lowest BCUT2D eigenvalue weighted by atomic mass is 9.70. The number of nitrogens with two attached hydrogens (primary N) is 2. The first-order valence-electron chi connectivity index (χ1n) is 12.3. The molecule has 0 aliphatic heterocycles. The average molecular weight is 451 g/mol. The van der Waals surface area contributed by atoms with Gasteiger partial charge in [-0.1, -0.05) is 77.3 Å². The van der Waals surface area contributed by atoms with E-state index in [2.05, 4.69) is 24.7 Å². The van der Waals surface area contributed by atoms with Gasteiger partial charge in [0, 0.05) is 16.5 Å². The van der Waals surface area contributed by atoms with E-state index >= 15 is 0 Å². The molecule has 6 N–H and O–H groups in total. The van der Waals surface area contributed by atoms with Gasteiger partial charge in [0.2, 0.25) is 0 Å². The van der Waals surface area contributed by atoms with Crippen LogP contribution in [0.4, 0.5) is 0 Å². The van der Waals surface area contributed by atoms with Crippen LogP contribution in [-0.2, 0) is 5.41 Å². The van der Waals surface area contributed by atoms with Gasteiger partial charge >= 0.3 is 0 Å². The number of unbranched alkanes of at least 4 members (excludes halogenated alkanes) is 6. The molecule has 0 aromatic heterocycles. The van der Waals surface area contributed by atoms with Gasteiger partial charge in [-0.05, 0) is 59.4 Å². The normalized spacial score (nSPS) is 13.3. The minimum atomic E-state index is -0.289. The Kier molecular flexibility index (Phi) is 8.64. The van der Waals surface area contributed by atoms with Gasteiger partial charge in [0.15, 0.2) is 0 Å². The van der Waals surface area contributed by atoms with Crippen molar-refractivity contribution >= 4 is 11.8 Å². The summed E-state index contributed by atoms with van der Waals surface area (Å²) in [5.41, 5.74) is 10.1. The summed E-state index contributed by atoms with van der Waals surface area (Å²) in [4.78, 5) is 24.8. The standard InChI is InChI=1S/C27H38N4O2/c1-3-5-7-9-15-27(16-10-8-6-4-2)23-17-19(25(32)30-28)11-13-21(23)22-14-12-20(18-24(22)27)26(33)31-29/h11-14,17-18H,3-10,15-16,28-29H2,1-2H3,(H,30,32)(H,31,33). The Balaban J connectivity index is 2.15. The van der Waals surface area contributed by atoms with Crippen molar-refractivity contribution < 1.29 is 9.59 Å². The van der Waals surface area contributed by atoms with Crippen LogP contribution in [0.2, 0.25) is 0 Å². The molecular weight excluding hydrogens is 412 g/mol. The first kappa shape index (κ1) is 24.9. The number of benzene rings is 2. The van der Waals surface area contributed by atoms with Crippen LogP contribution < -0.4 is 22.5 Å². The molecule has 1 aliphatic rings. The third-order valence-electron chi connectivity index (χ3n) is 7.06. The highest BCUT2D eigenvalue weighted by atomic mass is 16.2. The molecule has 1 aliphatic carbocycles. The third kappa shape index (κ3) is 5.12. The zero-order chi connectivity index (χ0) is 23.8. The summed E-state index contributed by atoms with van der Waals surface area (Å²) in [6, 6.07) is 11.7. The molecule has 0 saturated heterocycles. The topological polar surface area (TPSA) is 110 Å². The molecule has 0 spiro atoms. The van der Waals surface area contributed by atoms with E-state index < -0.39 is 0 Å². The van der Waals surface area contributed by atoms with Crippen molar-refractivity contribution in [2.24, 2.45) is 11.7 Å². The molecule has 0 fully saturated rings.